The van der Waals surface area contributed by atoms with Gasteiger partial charge < -0.3 is 9.80 Å². The molecule has 0 unspecified atom stereocenters. The number of allylic oxidation sites excluding steroid dienone is 1. The molecule has 0 atom stereocenters. The molecule has 0 aromatic heterocycles. The average molecular weight is 445 g/mol. The third-order valence-electron chi connectivity index (χ3n) is 6.89. The quantitative estimate of drug-likeness (QED) is 0.570. The largest absolute Gasteiger partial charge is 0.342 e. The molecule has 0 N–H and O–H groups in total. The van der Waals surface area contributed by atoms with Crippen molar-refractivity contribution >= 4 is 27.4 Å². The minimum atomic E-state index is 0.281. The first-order valence-electron chi connectivity index (χ1n) is 11.1. The first-order chi connectivity index (χ1) is 13.6. The number of carbonyl (C=O) groups is 1. The van der Waals surface area contributed by atoms with E-state index in [9.17, 15) is 4.79 Å². The molecule has 2 aliphatic heterocycles. The Morgan fingerprint density at radius 2 is 1.57 bits per heavy atom. The van der Waals surface area contributed by atoms with Gasteiger partial charge >= 0.3 is 0 Å². The van der Waals surface area contributed by atoms with Crippen molar-refractivity contribution in [2.75, 3.05) is 18.0 Å². The normalized spacial score (nSPS) is 23.8. The molecule has 1 saturated heterocycles. The second-order valence-corrected chi connectivity index (χ2v) is 9.78. The molecule has 2 fully saturated rings. The van der Waals surface area contributed by atoms with Crippen LogP contribution < -0.4 is 4.90 Å². The number of nitrogens with zero attached hydrogens (tertiary/aromatic N) is 2. The van der Waals surface area contributed by atoms with Gasteiger partial charge in [-0.05, 0) is 43.4 Å². The van der Waals surface area contributed by atoms with E-state index in [-0.39, 0.29) is 5.78 Å². The van der Waals surface area contributed by atoms with Crippen molar-refractivity contribution in [2.24, 2.45) is 0 Å². The van der Waals surface area contributed by atoms with Gasteiger partial charge in [0.05, 0.1) is 0 Å². The summed E-state index contributed by atoms with van der Waals surface area (Å²) in [5, 5.41) is 0. The molecule has 4 heteroatoms. The van der Waals surface area contributed by atoms with Crippen LogP contribution in [-0.4, -0.2) is 35.9 Å². The fourth-order valence-corrected chi connectivity index (χ4v) is 5.78. The number of piperidine rings is 1. The van der Waals surface area contributed by atoms with Crippen LogP contribution >= 0.6 is 15.9 Å². The molecule has 0 bridgehead atoms. The van der Waals surface area contributed by atoms with E-state index in [0.29, 0.717) is 18.9 Å². The minimum absolute atomic E-state index is 0.281. The summed E-state index contributed by atoms with van der Waals surface area (Å²) >= 11 is 3.63. The number of benzene rings is 1. The predicted molar refractivity (Wildman–Crippen MR) is 120 cm³/mol. The maximum absolute atomic E-state index is 12.4. The Hall–Kier alpha value is -1.13. The summed E-state index contributed by atoms with van der Waals surface area (Å²) in [6.07, 6.45) is 13.2. The highest BCUT2D eigenvalue weighted by Crippen LogP contribution is 2.37. The monoisotopic (exact) mass is 444 g/mol. The van der Waals surface area contributed by atoms with Crippen molar-refractivity contribution in [1.82, 2.24) is 4.90 Å². The number of rotatable bonds is 2. The van der Waals surface area contributed by atoms with Crippen molar-refractivity contribution in [3.8, 4) is 0 Å². The Kier molecular flexibility index (Phi) is 6.57. The first-order valence-corrected chi connectivity index (χ1v) is 11.9. The third-order valence-corrected chi connectivity index (χ3v) is 7.38. The lowest BCUT2D eigenvalue weighted by atomic mass is 9.92. The molecule has 0 amide bonds. The number of carbonyl (C=O) groups excluding carboxylic acids is 1. The molecular weight excluding hydrogens is 412 g/mol. The molecule has 152 valence electrons. The Morgan fingerprint density at radius 3 is 2.29 bits per heavy atom. The van der Waals surface area contributed by atoms with Gasteiger partial charge in [-0.1, -0.05) is 60.7 Å². The summed E-state index contributed by atoms with van der Waals surface area (Å²) in [4.78, 5) is 17.5. The Labute approximate surface area is 178 Å². The van der Waals surface area contributed by atoms with Gasteiger partial charge in [-0.2, -0.15) is 0 Å². The smallest absolute Gasteiger partial charge is 0.143 e. The van der Waals surface area contributed by atoms with Crippen LogP contribution in [0.2, 0.25) is 0 Å². The molecule has 2 heterocycles. The topological polar surface area (TPSA) is 23.6 Å². The summed E-state index contributed by atoms with van der Waals surface area (Å²) in [7, 11) is 0. The van der Waals surface area contributed by atoms with E-state index in [2.05, 4.69) is 50.5 Å². The van der Waals surface area contributed by atoms with Gasteiger partial charge in [0.2, 0.25) is 0 Å². The molecule has 28 heavy (non-hydrogen) atoms. The number of likely N-dealkylation sites (tertiary alicyclic amines) is 1. The highest BCUT2D eigenvalue weighted by molar-refractivity contribution is 9.10. The van der Waals surface area contributed by atoms with Crippen LogP contribution in [0.3, 0.4) is 0 Å². The Bertz CT molecular complexity index is 715. The maximum atomic E-state index is 12.4. The van der Waals surface area contributed by atoms with Crippen molar-refractivity contribution in [3.05, 3.63) is 40.5 Å². The molecule has 3 aliphatic rings. The molecule has 3 nitrogen and oxygen atoms in total. The van der Waals surface area contributed by atoms with Gasteiger partial charge in [0, 0.05) is 53.9 Å². The molecule has 1 aliphatic carbocycles. The minimum Gasteiger partial charge on any atom is -0.342 e. The summed E-state index contributed by atoms with van der Waals surface area (Å²) in [6, 6.07) is 7.58. The van der Waals surface area contributed by atoms with Crippen molar-refractivity contribution in [2.45, 2.75) is 82.7 Å². The summed E-state index contributed by atoms with van der Waals surface area (Å²) < 4.78 is 1.07. The van der Waals surface area contributed by atoms with Gasteiger partial charge in [-0.3, -0.25) is 4.79 Å². The van der Waals surface area contributed by atoms with Crippen LogP contribution in [0.1, 0.15) is 69.8 Å². The van der Waals surface area contributed by atoms with E-state index in [1.54, 1.807) is 0 Å². The summed E-state index contributed by atoms with van der Waals surface area (Å²) in [5.41, 5.74) is 3.31. The highest BCUT2D eigenvalue weighted by Gasteiger charge is 2.32. The zero-order valence-electron chi connectivity index (χ0n) is 17.0. The van der Waals surface area contributed by atoms with Crippen LogP contribution in [0.15, 0.2) is 34.9 Å². The van der Waals surface area contributed by atoms with Gasteiger partial charge in [0.25, 0.3) is 0 Å². The van der Waals surface area contributed by atoms with E-state index >= 15 is 0 Å². The maximum Gasteiger partial charge on any atom is 0.143 e. The van der Waals surface area contributed by atoms with Crippen LogP contribution in [0.25, 0.3) is 0 Å². The lowest BCUT2D eigenvalue weighted by Gasteiger charge is -2.43. The Balaban J connectivity index is 1.48. The molecular formula is C24H33BrN2O. The van der Waals surface area contributed by atoms with Crippen LogP contribution in [0, 0.1) is 0 Å². The Morgan fingerprint density at radius 1 is 0.893 bits per heavy atom. The second kappa shape index (κ2) is 9.13. The van der Waals surface area contributed by atoms with Gasteiger partial charge in [0.15, 0.2) is 0 Å². The average Bonchev–Trinajstić information content (AvgIpc) is 2.76. The highest BCUT2D eigenvalue weighted by atomic mass is 79.9. The SMILES string of the molecule is C=C1CC(=O)Cc2ccc(Br)cc2N1C1CCN(C2CCCCCCC2)CC1. The fourth-order valence-electron chi connectivity index (χ4n) is 5.43. The van der Waals surface area contributed by atoms with E-state index in [0.717, 1.165) is 34.6 Å². The number of hydrogen-bond donors (Lipinski definition) is 0. The van der Waals surface area contributed by atoms with Crippen LogP contribution in [0.4, 0.5) is 5.69 Å². The summed E-state index contributed by atoms with van der Waals surface area (Å²) in [5.74, 6) is 0.281. The molecule has 0 radical (unpaired) electrons. The third kappa shape index (κ3) is 4.54. The number of hydrogen-bond acceptors (Lipinski definition) is 3. The number of Topliss-reactive ketones (excluding diaryl/α,β-unsaturated/α-hetero) is 1. The zero-order chi connectivity index (χ0) is 19.5. The van der Waals surface area contributed by atoms with E-state index < -0.39 is 0 Å². The number of fused-ring (bicyclic) bond motifs is 1. The lowest BCUT2D eigenvalue weighted by molar-refractivity contribution is -0.117. The van der Waals surface area contributed by atoms with Gasteiger partial charge in [0.1, 0.15) is 5.78 Å². The number of halogens is 1. The lowest BCUT2D eigenvalue weighted by Crippen LogP contribution is -2.48. The standard InChI is InChI=1S/C24H33BrN2O/c1-18-15-23(28)16-19-9-10-20(25)17-24(19)27(18)22-11-13-26(14-12-22)21-7-5-3-2-4-6-8-21/h9-10,17,21-22H,1-8,11-16H2. The first kappa shape index (κ1) is 20.2. The zero-order valence-corrected chi connectivity index (χ0v) is 18.6. The van der Waals surface area contributed by atoms with E-state index in [1.165, 1.54) is 63.7 Å². The number of anilines is 1. The predicted octanol–water partition coefficient (Wildman–Crippen LogP) is 5.86. The van der Waals surface area contributed by atoms with Gasteiger partial charge in [-0.25, -0.2) is 0 Å². The van der Waals surface area contributed by atoms with Crippen molar-refractivity contribution in [1.29, 1.82) is 0 Å². The van der Waals surface area contributed by atoms with Crippen LogP contribution in [0.5, 0.6) is 0 Å². The summed E-state index contributed by atoms with van der Waals surface area (Å²) in [6.45, 7) is 6.67. The van der Waals surface area contributed by atoms with E-state index in [1.807, 2.05) is 0 Å². The number of ketones is 1. The molecule has 1 aromatic rings. The van der Waals surface area contributed by atoms with Crippen molar-refractivity contribution in [3.63, 3.8) is 0 Å². The second-order valence-electron chi connectivity index (χ2n) is 8.87. The van der Waals surface area contributed by atoms with Crippen molar-refractivity contribution < 1.29 is 4.79 Å². The van der Waals surface area contributed by atoms with Gasteiger partial charge in [-0.15, -0.1) is 0 Å². The molecule has 4 rings (SSSR count). The fraction of sp³-hybridized carbons (Fsp3) is 0.625. The molecule has 1 aromatic carbocycles. The van der Waals surface area contributed by atoms with Crippen LogP contribution in [-0.2, 0) is 11.2 Å². The molecule has 1 saturated carbocycles. The molecule has 0 spiro atoms. The van der Waals surface area contributed by atoms with E-state index in [4.69, 9.17) is 0 Å².